The molecule has 0 bridgehead atoms. The highest BCUT2D eigenvalue weighted by Gasteiger charge is 2.07. The molecule has 1 atom stereocenters. The molecule has 0 amide bonds. The van der Waals surface area contributed by atoms with Crippen molar-refractivity contribution in [1.82, 2.24) is 0 Å². The third kappa shape index (κ3) is 3.66. The molecule has 0 unspecified atom stereocenters. The average molecular weight is 276 g/mol. The fourth-order valence-electron chi connectivity index (χ4n) is 1.82. The fourth-order valence-corrected chi connectivity index (χ4v) is 2.77. The molecular weight excluding hydrogens is 260 g/mol. The van der Waals surface area contributed by atoms with Crippen molar-refractivity contribution in [3.05, 3.63) is 46.8 Å². The molecule has 0 aliphatic heterocycles. The van der Waals surface area contributed by atoms with Gasteiger partial charge in [-0.2, -0.15) is 0 Å². The van der Waals surface area contributed by atoms with Crippen LogP contribution in [0.25, 0.3) is 10.4 Å². The highest BCUT2D eigenvalue weighted by molar-refractivity contribution is 7.15. The molecule has 0 saturated heterocycles. The lowest BCUT2D eigenvalue weighted by Crippen LogP contribution is -1.97. The summed E-state index contributed by atoms with van der Waals surface area (Å²) in [5.41, 5.74) is 2.12. The second-order valence-electron chi connectivity index (χ2n) is 4.47. The van der Waals surface area contributed by atoms with Crippen LogP contribution in [0.15, 0.2) is 36.4 Å². The maximum atomic E-state index is 10.5. The zero-order valence-electron chi connectivity index (χ0n) is 10.7. The smallest absolute Gasteiger partial charge is 0.303 e. The Morgan fingerprint density at radius 2 is 1.89 bits per heavy atom. The van der Waals surface area contributed by atoms with E-state index in [1.165, 1.54) is 0 Å². The molecule has 0 saturated carbocycles. The topological polar surface area (TPSA) is 57.5 Å². The first-order valence-corrected chi connectivity index (χ1v) is 6.97. The van der Waals surface area contributed by atoms with E-state index in [9.17, 15) is 9.90 Å². The minimum atomic E-state index is -0.774. The van der Waals surface area contributed by atoms with E-state index in [1.54, 1.807) is 18.3 Å². The SMILES string of the molecule is C[C@@H](O)c1ccc(-c2ccc(CCC(=O)O)cc2)s1. The van der Waals surface area contributed by atoms with Crippen LogP contribution in [0.1, 0.15) is 29.9 Å². The van der Waals surface area contributed by atoms with Crippen LogP contribution in [0.3, 0.4) is 0 Å². The van der Waals surface area contributed by atoms with Crippen molar-refractivity contribution in [3.8, 4) is 10.4 Å². The van der Waals surface area contributed by atoms with E-state index in [1.807, 2.05) is 36.4 Å². The van der Waals surface area contributed by atoms with Crippen LogP contribution in [0, 0.1) is 0 Å². The van der Waals surface area contributed by atoms with Gasteiger partial charge < -0.3 is 10.2 Å². The Hall–Kier alpha value is -1.65. The lowest BCUT2D eigenvalue weighted by molar-refractivity contribution is -0.136. The van der Waals surface area contributed by atoms with Gasteiger partial charge in [0, 0.05) is 16.2 Å². The second-order valence-corrected chi connectivity index (χ2v) is 5.58. The van der Waals surface area contributed by atoms with Crippen LogP contribution < -0.4 is 0 Å². The average Bonchev–Trinajstić information content (AvgIpc) is 2.86. The third-order valence-electron chi connectivity index (χ3n) is 2.90. The van der Waals surface area contributed by atoms with Crippen LogP contribution in [0.4, 0.5) is 0 Å². The Labute approximate surface area is 116 Å². The molecule has 2 rings (SSSR count). The summed E-state index contributed by atoms with van der Waals surface area (Å²) in [7, 11) is 0. The van der Waals surface area contributed by atoms with Crippen molar-refractivity contribution in [2.45, 2.75) is 25.9 Å². The number of aliphatic hydroxyl groups is 1. The summed E-state index contributed by atoms with van der Waals surface area (Å²) in [4.78, 5) is 12.6. The molecule has 2 N–H and O–H groups in total. The molecule has 1 aromatic heterocycles. The van der Waals surface area contributed by atoms with E-state index >= 15 is 0 Å². The van der Waals surface area contributed by atoms with Gasteiger partial charge >= 0.3 is 5.97 Å². The first kappa shape index (κ1) is 13.8. The van der Waals surface area contributed by atoms with Crippen LogP contribution in [0.5, 0.6) is 0 Å². The fraction of sp³-hybridized carbons (Fsp3) is 0.267. The van der Waals surface area contributed by atoms with Gasteiger partial charge in [-0.15, -0.1) is 11.3 Å². The molecule has 0 aliphatic carbocycles. The summed E-state index contributed by atoms with van der Waals surface area (Å²) in [5.74, 6) is -0.774. The molecule has 0 spiro atoms. The largest absolute Gasteiger partial charge is 0.481 e. The lowest BCUT2D eigenvalue weighted by atomic mass is 10.1. The number of carbonyl (C=O) groups is 1. The highest BCUT2D eigenvalue weighted by atomic mass is 32.1. The van der Waals surface area contributed by atoms with E-state index in [2.05, 4.69) is 0 Å². The number of hydrogen-bond acceptors (Lipinski definition) is 3. The van der Waals surface area contributed by atoms with Gasteiger partial charge in [0.15, 0.2) is 0 Å². The van der Waals surface area contributed by atoms with Crippen LogP contribution in [-0.2, 0) is 11.2 Å². The van der Waals surface area contributed by atoms with Gasteiger partial charge in [-0.3, -0.25) is 4.79 Å². The summed E-state index contributed by atoms with van der Waals surface area (Å²) in [6, 6.07) is 11.8. The molecule has 1 aromatic carbocycles. The maximum Gasteiger partial charge on any atom is 0.303 e. The minimum absolute atomic E-state index is 0.157. The normalized spacial score (nSPS) is 12.3. The van der Waals surface area contributed by atoms with Gasteiger partial charge in [0.05, 0.1) is 6.10 Å². The molecule has 0 aliphatic rings. The van der Waals surface area contributed by atoms with Crippen LogP contribution >= 0.6 is 11.3 Å². The van der Waals surface area contributed by atoms with Crippen molar-refractivity contribution in [2.24, 2.45) is 0 Å². The van der Waals surface area contributed by atoms with Crippen molar-refractivity contribution in [1.29, 1.82) is 0 Å². The molecule has 4 heteroatoms. The van der Waals surface area contributed by atoms with Gasteiger partial charge in [-0.05, 0) is 36.6 Å². The number of benzene rings is 1. The zero-order valence-corrected chi connectivity index (χ0v) is 11.5. The maximum absolute atomic E-state index is 10.5. The Balaban J connectivity index is 2.10. The number of aryl methyl sites for hydroxylation is 1. The van der Waals surface area contributed by atoms with Crippen LogP contribution in [-0.4, -0.2) is 16.2 Å². The third-order valence-corrected chi connectivity index (χ3v) is 4.21. The predicted octanol–water partition coefficient (Wildman–Crippen LogP) is 3.49. The number of carboxylic acid groups (broad SMARTS) is 1. The van der Waals surface area contributed by atoms with Crippen molar-refractivity contribution >= 4 is 17.3 Å². The number of aliphatic hydroxyl groups excluding tert-OH is 1. The van der Waals surface area contributed by atoms with Gasteiger partial charge in [0.25, 0.3) is 0 Å². The molecule has 3 nitrogen and oxygen atoms in total. The Bertz CT molecular complexity index is 555. The number of carboxylic acids is 1. The summed E-state index contributed by atoms with van der Waals surface area (Å²) in [6.07, 6.45) is 0.275. The number of hydrogen-bond donors (Lipinski definition) is 2. The van der Waals surface area contributed by atoms with E-state index < -0.39 is 12.1 Å². The summed E-state index contributed by atoms with van der Waals surface area (Å²) < 4.78 is 0. The summed E-state index contributed by atoms with van der Waals surface area (Å²) >= 11 is 1.57. The lowest BCUT2D eigenvalue weighted by Gasteiger charge is -2.02. The molecule has 100 valence electrons. The van der Waals surface area contributed by atoms with Gasteiger partial charge in [-0.1, -0.05) is 24.3 Å². The summed E-state index contributed by atoms with van der Waals surface area (Å²) in [5, 5.41) is 18.1. The first-order chi connectivity index (χ1) is 9.06. The minimum Gasteiger partial charge on any atom is -0.481 e. The van der Waals surface area contributed by atoms with E-state index in [0.717, 1.165) is 20.9 Å². The van der Waals surface area contributed by atoms with Gasteiger partial charge in [0.1, 0.15) is 0 Å². The Morgan fingerprint density at radius 1 is 1.21 bits per heavy atom. The Morgan fingerprint density at radius 3 is 2.42 bits per heavy atom. The first-order valence-electron chi connectivity index (χ1n) is 6.15. The van der Waals surface area contributed by atoms with Crippen molar-refractivity contribution in [2.75, 3.05) is 0 Å². The van der Waals surface area contributed by atoms with Crippen molar-refractivity contribution < 1.29 is 15.0 Å². The predicted molar refractivity (Wildman–Crippen MR) is 76.3 cm³/mol. The highest BCUT2D eigenvalue weighted by Crippen LogP contribution is 2.31. The van der Waals surface area contributed by atoms with E-state index in [0.29, 0.717) is 6.42 Å². The molecule has 2 aromatic rings. The number of rotatable bonds is 5. The standard InChI is InChI=1S/C15H16O3S/c1-10(16)13-7-8-14(19-13)12-5-2-11(3-6-12)4-9-15(17)18/h2-3,5-8,10,16H,4,9H2,1H3,(H,17,18)/t10-/m1/s1. The quantitative estimate of drug-likeness (QED) is 0.879. The van der Waals surface area contributed by atoms with Gasteiger partial charge in [0.2, 0.25) is 0 Å². The monoisotopic (exact) mass is 276 g/mol. The second kappa shape index (κ2) is 5.99. The van der Waals surface area contributed by atoms with Crippen LogP contribution in [0.2, 0.25) is 0 Å². The molecule has 19 heavy (non-hydrogen) atoms. The Kier molecular flexibility index (Phi) is 4.35. The molecule has 0 radical (unpaired) electrons. The molecule has 1 heterocycles. The van der Waals surface area contributed by atoms with E-state index in [4.69, 9.17) is 5.11 Å². The van der Waals surface area contributed by atoms with E-state index in [-0.39, 0.29) is 6.42 Å². The zero-order chi connectivity index (χ0) is 13.8. The van der Waals surface area contributed by atoms with Crippen molar-refractivity contribution in [3.63, 3.8) is 0 Å². The number of thiophene rings is 1. The molecule has 0 fully saturated rings. The number of aliphatic carboxylic acids is 1. The molecular formula is C15H16O3S. The summed E-state index contributed by atoms with van der Waals surface area (Å²) in [6.45, 7) is 1.75. The van der Waals surface area contributed by atoms with Gasteiger partial charge in [-0.25, -0.2) is 0 Å².